The second-order valence-electron chi connectivity index (χ2n) is 3.70. The van der Waals surface area contributed by atoms with E-state index in [1.807, 2.05) is 6.07 Å². The van der Waals surface area contributed by atoms with E-state index < -0.39 is 0 Å². The Labute approximate surface area is 111 Å². The molecule has 0 saturated carbocycles. The van der Waals surface area contributed by atoms with Crippen molar-refractivity contribution in [1.82, 2.24) is 9.88 Å². The molecule has 17 heavy (non-hydrogen) atoms. The Morgan fingerprint density at radius 3 is 2.71 bits per heavy atom. The zero-order valence-corrected chi connectivity index (χ0v) is 12.0. The Morgan fingerprint density at radius 2 is 2.12 bits per heavy atom. The van der Waals surface area contributed by atoms with Gasteiger partial charge in [-0.25, -0.2) is 4.98 Å². The molecule has 0 amide bonds. The van der Waals surface area contributed by atoms with Gasteiger partial charge < -0.3 is 15.4 Å². The summed E-state index contributed by atoms with van der Waals surface area (Å²) >= 11 is 3.37. The minimum absolute atomic E-state index is 0.438. The van der Waals surface area contributed by atoms with Crippen LogP contribution in [0.2, 0.25) is 0 Å². The first-order valence-electron chi connectivity index (χ1n) is 5.90. The lowest BCUT2D eigenvalue weighted by molar-refractivity contribution is 0.216. The van der Waals surface area contributed by atoms with Crippen LogP contribution in [0.1, 0.15) is 19.4 Å². The zero-order chi connectivity index (χ0) is 12.7. The molecule has 1 heterocycles. The van der Waals surface area contributed by atoms with Crippen molar-refractivity contribution in [2.24, 2.45) is 5.73 Å². The largest absolute Gasteiger partial charge is 0.476 e. The second kappa shape index (κ2) is 7.63. The summed E-state index contributed by atoms with van der Waals surface area (Å²) in [5.74, 6) is 0.642. The first-order valence-corrected chi connectivity index (χ1v) is 6.70. The van der Waals surface area contributed by atoms with Gasteiger partial charge in [-0.1, -0.05) is 13.8 Å². The molecular formula is C12H20BrN3O. The van der Waals surface area contributed by atoms with Crippen LogP contribution in [-0.2, 0) is 6.54 Å². The first-order chi connectivity index (χ1) is 8.21. The van der Waals surface area contributed by atoms with Crippen LogP contribution in [0, 0.1) is 0 Å². The molecule has 0 radical (unpaired) electrons. The van der Waals surface area contributed by atoms with Crippen molar-refractivity contribution < 1.29 is 4.74 Å². The number of pyridine rings is 1. The van der Waals surface area contributed by atoms with Crippen molar-refractivity contribution in [3.8, 4) is 5.88 Å². The summed E-state index contributed by atoms with van der Waals surface area (Å²) < 4.78 is 6.59. The first kappa shape index (κ1) is 14.4. The third-order valence-electron chi connectivity index (χ3n) is 2.65. The fraction of sp³-hybridized carbons (Fsp3) is 0.583. The van der Waals surface area contributed by atoms with Crippen LogP contribution < -0.4 is 10.5 Å². The molecule has 2 N–H and O–H groups in total. The number of nitrogens with zero attached hydrogens (tertiary/aromatic N) is 2. The normalized spacial score (nSPS) is 10.9. The predicted octanol–water partition coefficient (Wildman–Crippen LogP) is 2.02. The smallest absolute Gasteiger partial charge is 0.217 e. The quantitative estimate of drug-likeness (QED) is 0.837. The summed E-state index contributed by atoms with van der Waals surface area (Å²) in [6, 6.07) is 1.94. The molecule has 1 aromatic heterocycles. The maximum atomic E-state index is 5.66. The standard InChI is InChI=1S/C12H20BrN3O/c1-3-16(4-2)5-6-17-12-10(8-14)7-11(13)9-15-12/h7,9H,3-6,8,14H2,1-2H3. The average Bonchev–Trinajstić information content (AvgIpc) is 2.36. The molecule has 0 atom stereocenters. The van der Waals surface area contributed by atoms with Crippen molar-refractivity contribution in [3.05, 3.63) is 22.3 Å². The second-order valence-corrected chi connectivity index (χ2v) is 4.61. The summed E-state index contributed by atoms with van der Waals surface area (Å²) in [6.45, 7) is 8.36. The highest BCUT2D eigenvalue weighted by Crippen LogP contribution is 2.19. The maximum Gasteiger partial charge on any atom is 0.217 e. The lowest BCUT2D eigenvalue weighted by Crippen LogP contribution is -2.28. The molecule has 0 spiro atoms. The summed E-state index contributed by atoms with van der Waals surface area (Å²) in [5, 5.41) is 0. The number of hydrogen-bond acceptors (Lipinski definition) is 4. The summed E-state index contributed by atoms with van der Waals surface area (Å²) in [5.41, 5.74) is 6.58. The van der Waals surface area contributed by atoms with E-state index in [0.717, 1.165) is 29.7 Å². The Kier molecular flexibility index (Phi) is 6.47. The molecule has 0 aliphatic rings. The number of aromatic nitrogens is 1. The maximum absolute atomic E-state index is 5.66. The third kappa shape index (κ3) is 4.61. The molecule has 0 saturated heterocycles. The van der Waals surface area contributed by atoms with Gasteiger partial charge in [-0.2, -0.15) is 0 Å². The lowest BCUT2D eigenvalue weighted by Gasteiger charge is -2.18. The number of nitrogens with two attached hydrogens (primary N) is 1. The third-order valence-corrected chi connectivity index (χ3v) is 3.09. The van der Waals surface area contributed by atoms with Crippen LogP contribution in [0.3, 0.4) is 0 Å². The van der Waals surface area contributed by atoms with Gasteiger partial charge in [0, 0.05) is 29.3 Å². The highest BCUT2D eigenvalue weighted by atomic mass is 79.9. The average molecular weight is 302 g/mol. The number of rotatable bonds is 7. The van der Waals surface area contributed by atoms with Gasteiger partial charge in [0.25, 0.3) is 0 Å². The molecule has 1 aromatic rings. The summed E-state index contributed by atoms with van der Waals surface area (Å²) in [4.78, 5) is 6.54. The predicted molar refractivity (Wildman–Crippen MR) is 73.1 cm³/mol. The van der Waals surface area contributed by atoms with Gasteiger partial charge in [0.15, 0.2) is 0 Å². The fourth-order valence-corrected chi connectivity index (χ4v) is 1.93. The van der Waals surface area contributed by atoms with Gasteiger partial charge in [0.1, 0.15) is 6.61 Å². The molecular weight excluding hydrogens is 282 g/mol. The van der Waals surface area contributed by atoms with E-state index in [-0.39, 0.29) is 0 Å². The number of ether oxygens (including phenoxy) is 1. The van der Waals surface area contributed by atoms with Crippen molar-refractivity contribution in [1.29, 1.82) is 0 Å². The van der Waals surface area contributed by atoms with Crippen LogP contribution in [0.15, 0.2) is 16.7 Å². The van der Waals surface area contributed by atoms with E-state index >= 15 is 0 Å². The van der Waals surface area contributed by atoms with E-state index in [2.05, 4.69) is 39.7 Å². The van der Waals surface area contributed by atoms with Gasteiger partial charge in [-0.05, 0) is 35.1 Å². The monoisotopic (exact) mass is 301 g/mol. The number of hydrogen-bond donors (Lipinski definition) is 1. The summed E-state index contributed by atoms with van der Waals surface area (Å²) in [6.07, 6.45) is 1.73. The Balaban J connectivity index is 2.51. The molecule has 96 valence electrons. The number of halogens is 1. The van der Waals surface area contributed by atoms with Gasteiger partial charge in [-0.15, -0.1) is 0 Å². The van der Waals surface area contributed by atoms with Crippen molar-refractivity contribution >= 4 is 15.9 Å². The highest BCUT2D eigenvalue weighted by molar-refractivity contribution is 9.10. The summed E-state index contributed by atoms with van der Waals surface area (Å²) in [7, 11) is 0. The molecule has 5 heteroatoms. The van der Waals surface area contributed by atoms with E-state index in [1.54, 1.807) is 6.20 Å². The highest BCUT2D eigenvalue weighted by Gasteiger charge is 2.05. The molecule has 0 aromatic carbocycles. The lowest BCUT2D eigenvalue weighted by atomic mass is 10.3. The van der Waals surface area contributed by atoms with Crippen LogP contribution in [-0.4, -0.2) is 36.1 Å². The molecule has 0 unspecified atom stereocenters. The van der Waals surface area contributed by atoms with Gasteiger partial charge >= 0.3 is 0 Å². The Hall–Kier alpha value is -0.650. The van der Waals surface area contributed by atoms with Gasteiger partial charge in [0.05, 0.1) is 0 Å². The zero-order valence-electron chi connectivity index (χ0n) is 10.4. The molecule has 0 bridgehead atoms. The van der Waals surface area contributed by atoms with Crippen LogP contribution >= 0.6 is 15.9 Å². The van der Waals surface area contributed by atoms with E-state index in [1.165, 1.54) is 0 Å². The minimum atomic E-state index is 0.438. The molecule has 0 aliphatic carbocycles. The van der Waals surface area contributed by atoms with Crippen molar-refractivity contribution in [3.63, 3.8) is 0 Å². The van der Waals surface area contributed by atoms with Gasteiger partial charge in [-0.3, -0.25) is 0 Å². The Bertz CT molecular complexity index is 343. The van der Waals surface area contributed by atoms with Crippen LogP contribution in [0.4, 0.5) is 0 Å². The molecule has 4 nitrogen and oxygen atoms in total. The molecule has 0 aliphatic heterocycles. The van der Waals surface area contributed by atoms with Crippen molar-refractivity contribution in [2.45, 2.75) is 20.4 Å². The topological polar surface area (TPSA) is 51.4 Å². The van der Waals surface area contributed by atoms with Crippen LogP contribution in [0.5, 0.6) is 5.88 Å². The van der Waals surface area contributed by atoms with Crippen molar-refractivity contribution in [2.75, 3.05) is 26.2 Å². The van der Waals surface area contributed by atoms with Crippen LogP contribution in [0.25, 0.3) is 0 Å². The van der Waals surface area contributed by atoms with E-state index in [9.17, 15) is 0 Å². The minimum Gasteiger partial charge on any atom is -0.476 e. The Morgan fingerprint density at radius 1 is 1.41 bits per heavy atom. The molecule has 1 rings (SSSR count). The van der Waals surface area contributed by atoms with E-state index in [0.29, 0.717) is 19.0 Å². The fourth-order valence-electron chi connectivity index (χ4n) is 1.56. The molecule has 0 fully saturated rings. The van der Waals surface area contributed by atoms with E-state index in [4.69, 9.17) is 10.5 Å². The SMILES string of the molecule is CCN(CC)CCOc1ncc(Br)cc1CN. The van der Waals surface area contributed by atoms with Gasteiger partial charge in [0.2, 0.25) is 5.88 Å². The number of likely N-dealkylation sites (N-methyl/N-ethyl adjacent to an activating group) is 1.